The summed E-state index contributed by atoms with van der Waals surface area (Å²) < 4.78 is 5.80. The van der Waals surface area contributed by atoms with Crippen LogP contribution in [0.5, 0.6) is 5.88 Å². The second kappa shape index (κ2) is 12.2. The molecule has 7 nitrogen and oxygen atoms in total. The van der Waals surface area contributed by atoms with Crippen LogP contribution in [0.3, 0.4) is 0 Å². The highest BCUT2D eigenvalue weighted by atomic mass is 35.5. The van der Waals surface area contributed by atoms with Gasteiger partial charge in [0, 0.05) is 30.9 Å². The number of hydrogen-bond donors (Lipinski definition) is 2. The number of pyridine rings is 2. The Morgan fingerprint density at radius 3 is 2.72 bits per heavy atom. The smallest absolute Gasteiger partial charge is 0.257 e. The number of ether oxygens (including phenoxy) is 1. The lowest BCUT2D eigenvalue weighted by molar-refractivity contribution is 0.0945. The number of benzene rings is 1. The van der Waals surface area contributed by atoms with Gasteiger partial charge in [-0.15, -0.1) is 0 Å². The third-order valence-corrected chi connectivity index (χ3v) is 5.33. The van der Waals surface area contributed by atoms with Gasteiger partial charge in [0.2, 0.25) is 5.88 Å². The monoisotopic (exact) mass is 457 g/mol. The summed E-state index contributed by atoms with van der Waals surface area (Å²) in [6, 6.07) is 9.28. The molecule has 0 spiro atoms. The Morgan fingerprint density at radius 2 is 1.97 bits per heavy atom. The zero-order valence-corrected chi connectivity index (χ0v) is 18.7. The predicted octanol–water partition coefficient (Wildman–Crippen LogP) is 4.54. The third-order valence-electron chi connectivity index (χ3n) is 5.13. The SMILES string of the molecule is C.CCN(CC)CCCOc1ncc(Cl)cc1C(=O)NCc1ccc2c(N)nccc2c1. The number of carbonyl (C=O) groups is 1. The largest absolute Gasteiger partial charge is 0.477 e. The third kappa shape index (κ3) is 6.55. The minimum absolute atomic E-state index is 0. The molecule has 1 amide bonds. The molecule has 0 fully saturated rings. The molecule has 0 aliphatic rings. The van der Waals surface area contributed by atoms with Crippen LogP contribution in [0.25, 0.3) is 10.8 Å². The minimum Gasteiger partial charge on any atom is -0.477 e. The van der Waals surface area contributed by atoms with Crippen molar-refractivity contribution in [3.63, 3.8) is 0 Å². The zero-order valence-electron chi connectivity index (χ0n) is 17.9. The lowest BCUT2D eigenvalue weighted by Gasteiger charge is -2.18. The Balaban J connectivity index is 0.00000363. The number of rotatable bonds is 10. The second-order valence-electron chi connectivity index (χ2n) is 7.17. The van der Waals surface area contributed by atoms with Gasteiger partial charge in [0.15, 0.2) is 0 Å². The van der Waals surface area contributed by atoms with Gasteiger partial charge in [0.25, 0.3) is 5.91 Å². The number of nitrogens with two attached hydrogens (primary N) is 1. The van der Waals surface area contributed by atoms with Crippen LogP contribution in [0.1, 0.15) is 43.6 Å². The van der Waals surface area contributed by atoms with Crippen LogP contribution in [0, 0.1) is 0 Å². The van der Waals surface area contributed by atoms with E-state index >= 15 is 0 Å². The van der Waals surface area contributed by atoms with Gasteiger partial charge in [-0.1, -0.05) is 45.0 Å². The first kappa shape index (κ1) is 25.4. The molecule has 1 aromatic carbocycles. The van der Waals surface area contributed by atoms with E-state index in [1.165, 1.54) is 6.20 Å². The number of anilines is 1. The molecular formula is C24H32ClN5O2. The number of aromatic nitrogens is 2. The number of carbonyl (C=O) groups excluding carboxylic acids is 1. The van der Waals surface area contributed by atoms with E-state index in [0.29, 0.717) is 35.4 Å². The summed E-state index contributed by atoms with van der Waals surface area (Å²) in [6.45, 7) is 8.03. The zero-order chi connectivity index (χ0) is 22.2. The van der Waals surface area contributed by atoms with E-state index < -0.39 is 0 Å². The van der Waals surface area contributed by atoms with Crippen molar-refractivity contribution in [2.24, 2.45) is 0 Å². The van der Waals surface area contributed by atoms with Gasteiger partial charge in [-0.25, -0.2) is 9.97 Å². The Labute approximate surface area is 194 Å². The molecule has 0 aliphatic carbocycles. The molecule has 0 atom stereocenters. The van der Waals surface area contributed by atoms with Gasteiger partial charge in [0.05, 0.1) is 11.6 Å². The Hall–Kier alpha value is -2.90. The molecule has 172 valence electrons. The van der Waals surface area contributed by atoms with Crippen molar-refractivity contribution in [2.75, 3.05) is 32.0 Å². The van der Waals surface area contributed by atoms with E-state index in [0.717, 1.165) is 42.4 Å². The first-order chi connectivity index (χ1) is 15.0. The highest BCUT2D eigenvalue weighted by Crippen LogP contribution is 2.22. The highest BCUT2D eigenvalue weighted by Gasteiger charge is 2.15. The molecule has 0 aliphatic heterocycles. The average molecular weight is 458 g/mol. The van der Waals surface area contributed by atoms with Crippen LogP contribution in [0.15, 0.2) is 42.7 Å². The van der Waals surface area contributed by atoms with Crippen LogP contribution in [-0.4, -0.2) is 47.0 Å². The molecule has 3 aromatic rings. The Morgan fingerprint density at radius 1 is 1.19 bits per heavy atom. The van der Waals surface area contributed by atoms with Crippen LogP contribution in [0.2, 0.25) is 5.02 Å². The number of hydrogen-bond acceptors (Lipinski definition) is 6. The van der Waals surface area contributed by atoms with E-state index in [-0.39, 0.29) is 13.3 Å². The number of nitrogen functional groups attached to an aromatic ring is 1. The number of halogens is 1. The maximum absolute atomic E-state index is 12.8. The molecule has 0 bridgehead atoms. The highest BCUT2D eigenvalue weighted by molar-refractivity contribution is 6.30. The first-order valence-corrected chi connectivity index (χ1v) is 10.8. The van der Waals surface area contributed by atoms with Gasteiger partial charge >= 0.3 is 0 Å². The van der Waals surface area contributed by atoms with Crippen LogP contribution >= 0.6 is 11.6 Å². The summed E-state index contributed by atoms with van der Waals surface area (Å²) in [7, 11) is 0. The van der Waals surface area contributed by atoms with Crippen molar-refractivity contribution in [1.82, 2.24) is 20.2 Å². The number of amides is 1. The number of nitrogens with one attached hydrogen (secondary N) is 1. The lowest BCUT2D eigenvalue weighted by Crippen LogP contribution is -2.26. The number of nitrogens with zero attached hydrogens (tertiary/aromatic N) is 3. The molecule has 0 radical (unpaired) electrons. The quantitative estimate of drug-likeness (QED) is 0.434. The van der Waals surface area contributed by atoms with Crippen molar-refractivity contribution in [3.05, 3.63) is 58.9 Å². The van der Waals surface area contributed by atoms with Crippen molar-refractivity contribution in [1.29, 1.82) is 0 Å². The molecular weight excluding hydrogens is 426 g/mol. The summed E-state index contributed by atoms with van der Waals surface area (Å²) in [5.74, 6) is 0.489. The van der Waals surface area contributed by atoms with E-state index in [1.807, 2.05) is 24.3 Å². The van der Waals surface area contributed by atoms with Crippen molar-refractivity contribution >= 4 is 34.1 Å². The maximum atomic E-state index is 12.8. The molecule has 2 aromatic heterocycles. The number of fused-ring (bicyclic) bond motifs is 1. The fourth-order valence-electron chi connectivity index (χ4n) is 3.34. The van der Waals surface area contributed by atoms with Gasteiger partial charge in [-0.3, -0.25) is 4.79 Å². The van der Waals surface area contributed by atoms with Crippen molar-refractivity contribution < 1.29 is 9.53 Å². The van der Waals surface area contributed by atoms with Gasteiger partial charge in [-0.2, -0.15) is 0 Å². The lowest BCUT2D eigenvalue weighted by atomic mass is 10.1. The molecule has 0 saturated heterocycles. The van der Waals surface area contributed by atoms with Gasteiger partial charge < -0.3 is 20.7 Å². The minimum atomic E-state index is -0.289. The Kier molecular flexibility index (Phi) is 9.68. The summed E-state index contributed by atoms with van der Waals surface area (Å²) in [4.78, 5) is 23.4. The average Bonchev–Trinajstić information content (AvgIpc) is 2.78. The Bertz CT molecular complexity index is 1040. The normalized spacial score (nSPS) is 10.8. The molecule has 0 saturated carbocycles. The second-order valence-corrected chi connectivity index (χ2v) is 7.61. The molecule has 8 heteroatoms. The predicted molar refractivity (Wildman–Crippen MR) is 131 cm³/mol. The topological polar surface area (TPSA) is 93.4 Å². The van der Waals surface area contributed by atoms with E-state index in [1.54, 1.807) is 12.3 Å². The fourth-order valence-corrected chi connectivity index (χ4v) is 3.50. The van der Waals surface area contributed by atoms with Crippen LogP contribution in [0.4, 0.5) is 5.82 Å². The molecule has 0 unspecified atom stereocenters. The van der Waals surface area contributed by atoms with Gasteiger partial charge in [0.1, 0.15) is 11.4 Å². The van der Waals surface area contributed by atoms with Crippen LogP contribution in [-0.2, 0) is 6.54 Å². The van der Waals surface area contributed by atoms with Crippen molar-refractivity contribution in [3.8, 4) is 5.88 Å². The summed E-state index contributed by atoms with van der Waals surface area (Å²) in [6.07, 6.45) is 4.00. The van der Waals surface area contributed by atoms with E-state index in [2.05, 4.69) is 34.0 Å². The molecule has 32 heavy (non-hydrogen) atoms. The van der Waals surface area contributed by atoms with Crippen molar-refractivity contribution in [2.45, 2.75) is 34.2 Å². The summed E-state index contributed by atoms with van der Waals surface area (Å²) in [5, 5.41) is 5.16. The van der Waals surface area contributed by atoms with Crippen LogP contribution < -0.4 is 15.8 Å². The van der Waals surface area contributed by atoms with Gasteiger partial charge in [-0.05, 0) is 48.7 Å². The van der Waals surface area contributed by atoms with E-state index in [9.17, 15) is 4.79 Å². The summed E-state index contributed by atoms with van der Waals surface area (Å²) in [5.41, 5.74) is 7.17. The molecule has 2 heterocycles. The molecule has 3 N–H and O–H groups in total. The van der Waals surface area contributed by atoms with E-state index in [4.69, 9.17) is 22.1 Å². The fraction of sp³-hybridized carbons (Fsp3) is 0.375. The standard InChI is InChI=1S/C23H28ClN5O2.CH4/c1-3-29(4-2)10-5-11-31-23-20(13-18(24)15-28-23)22(30)27-14-16-6-7-19-17(12-16)8-9-26-21(19)25;/h6-9,12-13,15H,3-5,10-11,14H2,1-2H3,(H2,25,26)(H,27,30);1H4. The summed E-state index contributed by atoms with van der Waals surface area (Å²) >= 11 is 6.08. The maximum Gasteiger partial charge on any atom is 0.257 e. The molecule has 3 rings (SSSR count). The first-order valence-electron chi connectivity index (χ1n) is 10.4.